The molecule has 0 aliphatic rings. The third-order valence-electron chi connectivity index (χ3n) is 2.95. The van der Waals surface area contributed by atoms with Crippen molar-refractivity contribution in [3.05, 3.63) is 64.7 Å². The van der Waals surface area contributed by atoms with Crippen LogP contribution in [0, 0.1) is 13.8 Å². The van der Waals surface area contributed by atoms with Crippen molar-refractivity contribution in [2.45, 2.75) is 33.8 Å². The smallest absolute Gasteiger partial charge is 0.193 e. The molecule has 0 amide bonds. The van der Waals surface area contributed by atoms with E-state index in [1.807, 2.05) is 58.0 Å². The maximum Gasteiger partial charge on any atom is 0.193 e. The van der Waals surface area contributed by atoms with Gasteiger partial charge in [0, 0.05) is 11.1 Å². The lowest BCUT2D eigenvalue weighted by atomic mass is 9.99. The van der Waals surface area contributed by atoms with Gasteiger partial charge in [0.25, 0.3) is 0 Å². The van der Waals surface area contributed by atoms with Crippen LogP contribution in [0.2, 0.25) is 0 Å². The summed E-state index contributed by atoms with van der Waals surface area (Å²) < 4.78 is 5.64. The van der Waals surface area contributed by atoms with Crippen molar-refractivity contribution < 1.29 is 9.53 Å². The van der Waals surface area contributed by atoms with Gasteiger partial charge in [0.15, 0.2) is 5.78 Å². The fourth-order valence-electron chi connectivity index (χ4n) is 2.26. The van der Waals surface area contributed by atoms with Gasteiger partial charge in [-0.1, -0.05) is 29.3 Å². The minimum absolute atomic E-state index is 0.0333. The topological polar surface area (TPSA) is 26.3 Å². The Morgan fingerprint density at radius 2 is 1.60 bits per heavy atom. The molecule has 0 spiro atoms. The van der Waals surface area contributed by atoms with Crippen LogP contribution in [-0.4, -0.2) is 11.9 Å². The molecule has 0 aliphatic carbocycles. The lowest BCUT2D eigenvalue weighted by molar-refractivity contribution is 0.103. The number of ketones is 1. The van der Waals surface area contributed by atoms with Crippen molar-refractivity contribution in [1.82, 2.24) is 0 Å². The van der Waals surface area contributed by atoms with Crippen molar-refractivity contribution >= 4 is 5.78 Å². The molecule has 104 valence electrons. The van der Waals surface area contributed by atoms with Crippen molar-refractivity contribution in [2.75, 3.05) is 0 Å². The highest BCUT2D eigenvalue weighted by molar-refractivity contribution is 6.09. The van der Waals surface area contributed by atoms with E-state index < -0.39 is 0 Å². The molecule has 2 aromatic carbocycles. The molecule has 0 unspecified atom stereocenters. The molecule has 2 nitrogen and oxygen atoms in total. The summed E-state index contributed by atoms with van der Waals surface area (Å²) in [5.41, 5.74) is 3.59. The second-order valence-corrected chi connectivity index (χ2v) is 5.40. The van der Waals surface area contributed by atoms with E-state index in [4.69, 9.17) is 4.74 Å². The Hall–Kier alpha value is -2.09. The van der Waals surface area contributed by atoms with E-state index in [1.165, 1.54) is 0 Å². The molecule has 0 atom stereocenters. The number of hydrogen-bond acceptors (Lipinski definition) is 2. The van der Waals surface area contributed by atoms with Gasteiger partial charge >= 0.3 is 0 Å². The minimum atomic E-state index is 0.0333. The zero-order valence-electron chi connectivity index (χ0n) is 12.4. The van der Waals surface area contributed by atoms with Crippen LogP contribution < -0.4 is 4.74 Å². The van der Waals surface area contributed by atoms with E-state index in [0.717, 1.165) is 22.4 Å². The zero-order valence-corrected chi connectivity index (χ0v) is 12.4. The number of benzene rings is 2. The molecule has 0 saturated heterocycles. The second-order valence-electron chi connectivity index (χ2n) is 5.40. The largest absolute Gasteiger partial charge is 0.491 e. The first-order valence-electron chi connectivity index (χ1n) is 6.85. The average Bonchev–Trinajstić information content (AvgIpc) is 2.36. The Labute approximate surface area is 120 Å². The van der Waals surface area contributed by atoms with Gasteiger partial charge in [0.1, 0.15) is 5.75 Å². The van der Waals surface area contributed by atoms with Crippen LogP contribution in [0.25, 0.3) is 0 Å². The fourth-order valence-corrected chi connectivity index (χ4v) is 2.26. The number of ether oxygens (including phenoxy) is 1. The molecule has 0 heterocycles. The van der Waals surface area contributed by atoms with E-state index in [2.05, 4.69) is 6.07 Å². The molecule has 0 bridgehead atoms. The van der Waals surface area contributed by atoms with E-state index in [9.17, 15) is 4.79 Å². The number of aryl methyl sites for hydroxylation is 2. The molecule has 0 radical (unpaired) electrons. The van der Waals surface area contributed by atoms with Crippen molar-refractivity contribution in [3.63, 3.8) is 0 Å². The fraction of sp³-hybridized carbons (Fsp3) is 0.278. The quantitative estimate of drug-likeness (QED) is 0.772. The van der Waals surface area contributed by atoms with Gasteiger partial charge in [-0.2, -0.15) is 0 Å². The third kappa shape index (κ3) is 3.47. The van der Waals surface area contributed by atoms with Crippen molar-refractivity contribution in [2.24, 2.45) is 0 Å². The first-order valence-corrected chi connectivity index (χ1v) is 6.85. The van der Waals surface area contributed by atoms with Gasteiger partial charge in [-0.15, -0.1) is 0 Å². The Morgan fingerprint density at radius 3 is 2.20 bits per heavy atom. The zero-order chi connectivity index (χ0) is 14.7. The Morgan fingerprint density at radius 1 is 0.950 bits per heavy atom. The number of carbonyl (C=O) groups is 1. The van der Waals surface area contributed by atoms with Gasteiger partial charge in [-0.25, -0.2) is 0 Å². The molecule has 2 heteroatoms. The first kappa shape index (κ1) is 14.3. The Balaban J connectivity index is 2.33. The predicted octanol–water partition coefficient (Wildman–Crippen LogP) is 4.32. The maximum absolute atomic E-state index is 12.5. The van der Waals surface area contributed by atoms with Crippen LogP contribution >= 0.6 is 0 Å². The summed E-state index contributed by atoms with van der Waals surface area (Å²) in [5, 5.41) is 0. The number of rotatable bonds is 4. The molecule has 2 aromatic rings. The lowest BCUT2D eigenvalue weighted by Gasteiger charge is -2.11. The second kappa shape index (κ2) is 5.91. The monoisotopic (exact) mass is 268 g/mol. The molecule has 0 saturated carbocycles. The van der Waals surface area contributed by atoms with E-state index >= 15 is 0 Å². The van der Waals surface area contributed by atoms with Gasteiger partial charge < -0.3 is 4.74 Å². The average molecular weight is 268 g/mol. The van der Waals surface area contributed by atoms with Crippen LogP contribution in [-0.2, 0) is 0 Å². The first-order chi connectivity index (χ1) is 9.45. The lowest BCUT2D eigenvalue weighted by Crippen LogP contribution is -2.07. The molecule has 20 heavy (non-hydrogen) atoms. The molecule has 0 aliphatic heterocycles. The summed E-state index contributed by atoms with van der Waals surface area (Å²) in [4.78, 5) is 12.5. The molecule has 0 N–H and O–H groups in total. The number of carbonyl (C=O) groups excluding carboxylic acids is 1. The molecule has 0 aromatic heterocycles. The van der Waals surface area contributed by atoms with E-state index in [-0.39, 0.29) is 11.9 Å². The highest BCUT2D eigenvalue weighted by Crippen LogP contribution is 2.19. The van der Waals surface area contributed by atoms with Gasteiger partial charge in [-0.3, -0.25) is 4.79 Å². The Kier molecular flexibility index (Phi) is 4.23. The standard InChI is InChI=1S/C18H20O2/c1-12(2)20-17-7-5-6-15(11-17)18(19)16-9-13(3)8-14(4)10-16/h5-12H,1-4H3. The minimum Gasteiger partial charge on any atom is -0.491 e. The van der Waals surface area contributed by atoms with E-state index in [0.29, 0.717) is 5.56 Å². The van der Waals surface area contributed by atoms with Crippen LogP contribution in [0.3, 0.4) is 0 Å². The van der Waals surface area contributed by atoms with Gasteiger partial charge in [0.05, 0.1) is 6.10 Å². The van der Waals surface area contributed by atoms with Crippen LogP contribution in [0.15, 0.2) is 42.5 Å². The third-order valence-corrected chi connectivity index (χ3v) is 2.95. The summed E-state index contributed by atoms with van der Waals surface area (Å²) >= 11 is 0. The summed E-state index contributed by atoms with van der Waals surface area (Å²) in [5.74, 6) is 0.765. The SMILES string of the molecule is Cc1cc(C)cc(C(=O)c2cccc(OC(C)C)c2)c1. The van der Waals surface area contributed by atoms with Crippen molar-refractivity contribution in [1.29, 1.82) is 0 Å². The Bertz CT molecular complexity index is 607. The highest BCUT2D eigenvalue weighted by atomic mass is 16.5. The van der Waals surface area contributed by atoms with E-state index in [1.54, 1.807) is 6.07 Å². The van der Waals surface area contributed by atoms with Gasteiger partial charge in [0.2, 0.25) is 0 Å². The molecular weight excluding hydrogens is 248 g/mol. The van der Waals surface area contributed by atoms with Crippen LogP contribution in [0.4, 0.5) is 0 Å². The molecule has 0 fully saturated rings. The van der Waals surface area contributed by atoms with Crippen molar-refractivity contribution in [3.8, 4) is 5.75 Å². The summed E-state index contributed by atoms with van der Waals surface area (Å²) in [7, 11) is 0. The van der Waals surface area contributed by atoms with Gasteiger partial charge in [-0.05, 0) is 52.0 Å². The summed E-state index contributed by atoms with van der Waals surface area (Å²) in [6.45, 7) is 7.95. The van der Waals surface area contributed by atoms with Crippen LogP contribution in [0.1, 0.15) is 40.9 Å². The summed E-state index contributed by atoms with van der Waals surface area (Å²) in [6, 6.07) is 13.3. The normalized spacial score (nSPS) is 10.7. The maximum atomic E-state index is 12.5. The number of hydrogen-bond donors (Lipinski definition) is 0. The molecular formula is C18H20O2. The van der Waals surface area contributed by atoms with Crippen LogP contribution in [0.5, 0.6) is 5.75 Å². The molecule has 2 rings (SSSR count). The summed E-state index contributed by atoms with van der Waals surface area (Å²) in [6.07, 6.45) is 0.0987. The predicted molar refractivity (Wildman–Crippen MR) is 81.6 cm³/mol. The highest BCUT2D eigenvalue weighted by Gasteiger charge is 2.11.